The first kappa shape index (κ1) is 16.9. The molecule has 8 heteroatoms. The number of piperidine rings is 1. The Balaban J connectivity index is 2.41. The summed E-state index contributed by atoms with van der Waals surface area (Å²) in [6.45, 7) is 2.88. The highest BCUT2D eigenvalue weighted by Crippen LogP contribution is 2.32. The zero-order valence-corrected chi connectivity index (χ0v) is 13.4. The number of aryl methyl sites for hydroxylation is 1. The number of nitro groups is 1. The fourth-order valence-corrected chi connectivity index (χ4v) is 4.88. The molecule has 1 unspecified atom stereocenters. The number of nitrogens with two attached hydrogens (primary N) is 1. The summed E-state index contributed by atoms with van der Waals surface area (Å²) in [4.78, 5) is 10.4. The van der Waals surface area contributed by atoms with Gasteiger partial charge in [0.15, 0.2) is 4.90 Å². The normalized spacial score (nSPS) is 20.0. The summed E-state index contributed by atoms with van der Waals surface area (Å²) >= 11 is 0. The third-order valence-corrected chi connectivity index (χ3v) is 6.10. The van der Waals surface area contributed by atoms with Crippen LogP contribution in [0.4, 0.5) is 5.69 Å². The second-order valence-electron chi connectivity index (χ2n) is 5.63. The van der Waals surface area contributed by atoms with Gasteiger partial charge < -0.3 is 5.73 Å². The number of hydrogen-bond donors (Lipinski definition) is 1. The molecule has 0 bridgehead atoms. The molecule has 0 aliphatic carbocycles. The first-order valence-corrected chi connectivity index (χ1v) is 8.76. The Bertz CT molecular complexity index is 658. The summed E-state index contributed by atoms with van der Waals surface area (Å²) in [6.07, 6.45) is 2.46. The summed E-state index contributed by atoms with van der Waals surface area (Å²) < 4.78 is 27.1. The van der Waals surface area contributed by atoms with Crippen LogP contribution in [0.5, 0.6) is 0 Å². The molecule has 22 heavy (non-hydrogen) atoms. The molecule has 1 aromatic carbocycles. The number of sulfonamides is 1. The van der Waals surface area contributed by atoms with Crippen molar-refractivity contribution in [1.29, 1.82) is 0 Å². The van der Waals surface area contributed by atoms with E-state index in [0.29, 0.717) is 25.2 Å². The van der Waals surface area contributed by atoms with E-state index in [0.717, 1.165) is 19.3 Å². The second-order valence-corrected chi connectivity index (χ2v) is 7.50. The quantitative estimate of drug-likeness (QED) is 0.653. The van der Waals surface area contributed by atoms with Gasteiger partial charge in [0.1, 0.15) is 0 Å². The maximum absolute atomic E-state index is 12.9. The van der Waals surface area contributed by atoms with E-state index < -0.39 is 14.9 Å². The summed E-state index contributed by atoms with van der Waals surface area (Å²) in [6, 6.07) is 4.32. The van der Waals surface area contributed by atoms with Crippen LogP contribution in [0.2, 0.25) is 0 Å². The van der Waals surface area contributed by atoms with Gasteiger partial charge in [-0.25, -0.2) is 8.42 Å². The number of rotatable bonds is 5. The average Bonchev–Trinajstić information content (AvgIpc) is 2.47. The van der Waals surface area contributed by atoms with Crippen LogP contribution >= 0.6 is 0 Å². The van der Waals surface area contributed by atoms with Crippen LogP contribution in [0.1, 0.15) is 24.8 Å². The lowest BCUT2D eigenvalue weighted by atomic mass is 9.96. The van der Waals surface area contributed by atoms with E-state index in [2.05, 4.69) is 0 Å². The number of benzene rings is 1. The van der Waals surface area contributed by atoms with Crippen molar-refractivity contribution in [2.24, 2.45) is 11.7 Å². The van der Waals surface area contributed by atoms with E-state index in [-0.39, 0.29) is 16.5 Å². The molecule has 0 amide bonds. The topological polar surface area (TPSA) is 107 Å². The zero-order chi connectivity index (χ0) is 16.3. The molecule has 0 radical (unpaired) electrons. The molecule has 2 N–H and O–H groups in total. The van der Waals surface area contributed by atoms with Crippen molar-refractivity contribution >= 4 is 15.7 Å². The van der Waals surface area contributed by atoms with Crippen LogP contribution < -0.4 is 5.73 Å². The number of nitrogens with zero attached hydrogens (tertiary/aromatic N) is 2. The third kappa shape index (κ3) is 3.29. The predicted octanol–water partition coefficient (Wildman–Crippen LogP) is 1.65. The fourth-order valence-electron chi connectivity index (χ4n) is 2.96. The van der Waals surface area contributed by atoms with Gasteiger partial charge in [-0.2, -0.15) is 4.31 Å². The Morgan fingerprint density at radius 1 is 1.45 bits per heavy atom. The second kappa shape index (κ2) is 6.72. The average molecular weight is 327 g/mol. The summed E-state index contributed by atoms with van der Waals surface area (Å²) in [5.74, 6) is 0.219. The van der Waals surface area contributed by atoms with Gasteiger partial charge in [-0.05, 0) is 44.2 Å². The van der Waals surface area contributed by atoms with Gasteiger partial charge in [0.25, 0.3) is 5.69 Å². The Hall–Kier alpha value is -1.51. The van der Waals surface area contributed by atoms with Crippen molar-refractivity contribution in [3.8, 4) is 0 Å². The largest absolute Gasteiger partial charge is 0.330 e. The molecule has 1 aliphatic rings. The molecule has 7 nitrogen and oxygen atoms in total. The molecule has 1 aromatic rings. The van der Waals surface area contributed by atoms with Crippen molar-refractivity contribution < 1.29 is 13.3 Å². The van der Waals surface area contributed by atoms with E-state index in [1.807, 2.05) is 0 Å². The molecular weight excluding hydrogens is 306 g/mol. The van der Waals surface area contributed by atoms with Crippen molar-refractivity contribution in [2.45, 2.75) is 31.1 Å². The highest BCUT2D eigenvalue weighted by Gasteiger charge is 2.35. The Kier molecular flexibility index (Phi) is 5.15. The van der Waals surface area contributed by atoms with Gasteiger partial charge in [0, 0.05) is 19.2 Å². The fraction of sp³-hybridized carbons (Fsp3) is 0.571. The molecule has 1 atom stereocenters. The van der Waals surface area contributed by atoms with Gasteiger partial charge >= 0.3 is 0 Å². The zero-order valence-electron chi connectivity index (χ0n) is 12.6. The molecule has 0 spiro atoms. The van der Waals surface area contributed by atoms with E-state index in [9.17, 15) is 18.5 Å². The lowest BCUT2D eigenvalue weighted by Gasteiger charge is -2.32. The molecule has 2 rings (SSSR count). The standard InChI is InChI=1S/C14H21N3O4S/c1-11-4-2-6-13(17(18)19)14(11)22(20,21)16-9-3-5-12(10-16)7-8-15/h2,4,6,12H,3,5,7-10,15H2,1H3. The monoisotopic (exact) mass is 327 g/mol. The van der Waals surface area contributed by atoms with Crippen molar-refractivity contribution in [3.63, 3.8) is 0 Å². The van der Waals surface area contributed by atoms with Gasteiger partial charge in [0.05, 0.1) is 4.92 Å². The van der Waals surface area contributed by atoms with Crippen LogP contribution in [-0.4, -0.2) is 37.3 Å². The molecule has 0 saturated carbocycles. The molecule has 122 valence electrons. The summed E-state index contributed by atoms with van der Waals surface area (Å²) in [5.41, 5.74) is 5.59. The highest BCUT2D eigenvalue weighted by molar-refractivity contribution is 7.89. The van der Waals surface area contributed by atoms with Crippen LogP contribution in [0.15, 0.2) is 23.1 Å². The van der Waals surface area contributed by atoms with Crippen LogP contribution in [0, 0.1) is 23.0 Å². The van der Waals surface area contributed by atoms with Gasteiger partial charge in [0.2, 0.25) is 10.0 Å². The Morgan fingerprint density at radius 3 is 2.82 bits per heavy atom. The maximum atomic E-state index is 12.9. The van der Waals surface area contributed by atoms with E-state index in [4.69, 9.17) is 5.73 Å². The van der Waals surface area contributed by atoms with E-state index >= 15 is 0 Å². The van der Waals surface area contributed by atoms with Gasteiger partial charge in [-0.15, -0.1) is 0 Å². The molecule has 0 aromatic heterocycles. The highest BCUT2D eigenvalue weighted by atomic mass is 32.2. The molecule has 1 fully saturated rings. The SMILES string of the molecule is Cc1cccc([N+](=O)[O-])c1S(=O)(=O)N1CCCC(CCN)C1. The molecular formula is C14H21N3O4S. The molecule has 1 heterocycles. The molecule has 1 saturated heterocycles. The maximum Gasteiger partial charge on any atom is 0.289 e. The molecule has 1 aliphatic heterocycles. The first-order valence-electron chi connectivity index (χ1n) is 7.32. The van der Waals surface area contributed by atoms with Crippen molar-refractivity contribution in [2.75, 3.05) is 19.6 Å². The van der Waals surface area contributed by atoms with E-state index in [1.165, 1.54) is 16.4 Å². The third-order valence-electron chi connectivity index (χ3n) is 4.04. The Labute approximate surface area is 130 Å². The summed E-state index contributed by atoms with van der Waals surface area (Å²) in [7, 11) is -3.87. The predicted molar refractivity (Wildman–Crippen MR) is 83.0 cm³/mol. The van der Waals surface area contributed by atoms with Gasteiger partial charge in [-0.1, -0.05) is 12.1 Å². The number of hydrogen-bond acceptors (Lipinski definition) is 5. The van der Waals surface area contributed by atoms with Crippen LogP contribution in [-0.2, 0) is 10.0 Å². The number of nitro benzene ring substituents is 1. The minimum Gasteiger partial charge on any atom is -0.330 e. The first-order chi connectivity index (χ1) is 10.4. The Morgan fingerprint density at radius 2 is 2.18 bits per heavy atom. The van der Waals surface area contributed by atoms with Gasteiger partial charge in [-0.3, -0.25) is 10.1 Å². The van der Waals surface area contributed by atoms with Crippen molar-refractivity contribution in [3.05, 3.63) is 33.9 Å². The van der Waals surface area contributed by atoms with E-state index in [1.54, 1.807) is 13.0 Å². The van der Waals surface area contributed by atoms with Crippen LogP contribution in [0.25, 0.3) is 0 Å². The van der Waals surface area contributed by atoms with Crippen molar-refractivity contribution in [1.82, 2.24) is 4.31 Å². The lowest BCUT2D eigenvalue weighted by Crippen LogP contribution is -2.40. The lowest BCUT2D eigenvalue weighted by molar-refractivity contribution is -0.387. The summed E-state index contributed by atoms with van der Waals surface area (Å²) in [5, 5.41) is 11.2. The minimum atomic E-state index is -3.87. The minimum absolute atomic E-state index is 0.187. The smallest absolute Gasteiger partial charge is 0.289 e. The van der Waals surface area contributed by atoms with Crippen LogP contribution in [0.3, 0.4) is 0 Å².